The molecule has 0 fully saturated rings. The number of ether oxygens (including phenoxy) is 1. The van der Waals surface area contributed by atoms with Gasteiger partial charge in [0.2, 0.25) is 0 Å². The molecule has 35 heavy (non-hydrogen) atoms. The third kappa shape index (κ3) is 5.89. The Morgan fingerprint density at radius 3 is 2.54 bits per heavy atom. The third-order valence-electron chi connectivity index (χ3n) is 5.95. The van der Waals surface area contributed by atoms with Gasteiger partial charge in [-0.25, -0.2) is 13.2 Å². The molecule has 0 bridgehead atoms. The van der Waals surface area contributed by atoms with Gasteiger partial charge in [0.05, 0.1) is 16.1 Å². The van der Waals surface area contributed by atoms with Gasteiger partial charge < -0.3 is 10.1 Å². The summed E-state index contributed by atoms with van der Waals surface area (Å²) in [6, 6.07) is 23.0. The van der Waals surface area contributed by atoms with E-state index < -0.39 is 28.5 Å². The summed E-state index contributed by atoms with van der Waals surface area (Å²) in [6.07, 6.45) is 2.21. The van der Waals surface area contributed by atoms with E-state index in [4.69, 9.17) is 4.74 Å². The van der Waals surface area contributed by atoms with Crippen LogP contribution in [0.25, 0.3) is 0 Å². The minimum atomic E-state index is -3.84. The van der Waals surface area contributed by atoms with Crippen molar-refractivity contribution in [2.24, 2.45) is 0 Å². The zero-order valence-electron chi connectivity index (χ0n) is 19.5. The first-order valence-corrected chi connectivity index (χ1v) is 13.0. The Morgan fingerprint density at radius 2 is 1.74 bits per heavy atom. The summed E-state index contributed by atoms with van der Waals surface area (Å²) in [5.41, 5.74) is 2.88. The lowest BCUT2D eigenvalue weighted by atomic mass is 10.1. The lowest BCUT2D eigenvalue weighted by molar-refractivity contribution is -0.124. The van der Waals surface area contributed by atoms with E-state index in [9.17, 15) is 18.0 Å². The van der Waals surface area contributed by atoms with Crippen LogP contribution in [0.1, 0.15) is 34.8 Å². The standard InChI is InChI=1S/C27H28N2O5S/c1-20(14-15-21-8-3-2-4-9-21)28-26(30)19-34-27(31)23-11-7-12-24(18-23)35(32,33)29-17-16-22-10-5-6-13-25(22)29/h2-13,18,20H,14-17,19H2,1H3,(H,28,30). The molecule has 0 saturated carbocycles. The summed E-state index contributed by atoms with van der Waals surface area (Å²) in [7, 11) is -3.84. The van der Waals surface area contributed by atoms with Crippen molar-refractivity contribution in [2.45, 2.75) is 37.1 Å². The lowest BCUT2D eigenvalue weighted by Gasteiger charge is -2.20. The van der Waals surface area contributed by atoms with Gasteiger partial charge in [0.15, 0.2) is 6.61 Å². The van der Waals surface area contributed by atoms with Crippen LogP contribution in [-0.4, -0.2) is 39.5 Å². The second kappa shape index (κ2) is 10.7. The van der Waals surface area contributed by atoms with Gasteiger partial charge in [-0.3, -0.25) is 9.10 Å². The number of carbonyl (C=O) groups excluding carboxylic acids is 2. The molecular formula is C27H28N2O5S. The number of hydrogen-bond donors (Lipinski definition) is 1. The maximum absolute atomic E-state index is 13.2. The normalized spacial score (nSPS) is 13.7. The van der Waals surface area contributed by atoms with Crippen molar-refractivity contribution < 1.29 is 22.7 Å². The molecule has 3 aromatic rings. The van der Waals surface area contributed by atoms with Gasteiger partial charge in [0.25, 0.3) is 15.9 Å². The third-order valence-corrected chi connectivity index (χ3v) is 7.76. The van der Waals surface area contributed by atoms with Crippen molar-refractivity contribution in [2.75, 3.05) is 17.5 Å². The molecule has 0 spiro atoms. The van der Waals surface area contributed by atoms with Crippen LogP contribution >= 0.6 is 0 Å². The van der Waals surface area contributed by atoms with Crippen LogP contribution in [0, 0.1) is 0 Å². The molecule has 1 heterocycles. The summed E-state index contributed by atoms with van der Waals surface area (Å²) >= 11 is 0. The molecule has 0 aromatic heterocycles. The first kappa shape index (κ1) is 24.5. The van der Waals surface area contributed by atoms with E-state index in [1.165, 1.54) is 34.1 Å². The van der Waals surface area contributed by atoms with E-state index in [0.717, 1.165) is 18.4 Å². The lowest BCUT2D eigenvalue weighted by Crippen LogP contribution is -2.36. The highest BCUT2D eigenvalue weighted by molar-refractivity contribution is 7.92. The van der Waals surface area contributed by atoms with E-state index in [0.29, 0.717) is 18.7 Å². The van der Waals surface area contributed by atoms with Crippen molar-refractivity contribution in [3.05, 3.63) is 95.6 Å². The summed E-state index contributed by atoms with van der Waals surface area (Å²) in [5, 5.41) is 2.82. The monoisotopic (exact) mass is 492 g/mol. The van der Waals surface area contributed by atoms with Crippen LogP contribution in [0.3, 0.4) is 0 Å². The van der Waals surface area contributed by atoms with E-state index in [1.807, 2.05) is 49.4 Å². The number of carbonyl (C=O) groups is 2. The predicted octanol–water partition coefficient (Wildman–Crippen LogP) is 3.73. The topological polar surface area (TPSA) is 92.8 Å². The van der Waals surface area contributed by atoms with E-state index >= 15 is 0 Å². The number of rotatable bonds is 9. The minimum Gasteiger partial charge on any atom is -0.452 e. The van der Waals surface area contributed by atoms with Crippen LogP contribution in [0.15, 0.2) is 83.8 Å². The molecule has 0 saturated heterocycles. The van der Waals surface area contributed by atoms with Crippen molar-refractivity contribution >= 4 is 27.6 Å². The van der Waals surface area contributed by atoms with Crippen LogP contribution < -0.4 is 9.62 Å². The first-order valence-electron chi connectivity index (χ1n) is 11.6. The van der Waals surface area contributed by atoms with Gasteiger partial charge in [-0.15, -0.1) is 0 Å². The van der Waals surface area contributed by atoms with Crippen molar-refractivity contribution in [1.29, 1.82) is 0 Å². The Morgan fingerprint density at radius 1 is 1.00 bits per heavy atom. The predicted molar refractivity (Wildman–Crippen MR) is 134 cm³/mol. The van der Waals surface area contributed by atoms with Crippen LogP contribution in [0.5, 0.6) is 0 Å². The molecule has 1 aliphatic rings. The molecule has 182 valence electrons. The largest absolute Gasteiger partial charge is 0.452 e. The Kier molecular flexibility index (Phi) is 7.51. The number of nitrogens with zero attached hydrogens (tertiary/aromatic N) is 1. The zero-order valence-corrected chi connectivity index (χ0v) is 20.3. The van der Waals surface area contributed by atoms with E-state index in [2.05, 4.69) is 5.32 Å². The average Bonchev–Trinajstić information content (AvgIpc) is 3.32. The zero-order chi connectivity index (χ0) is 24.8. The highest BCUT2D eigenvalue weighted by Crippen LogP contribution is 2.32. The minimum absolute atomic E-state index is 0.00244. The summed E-state index contributed by atoms with van der Waals surface area (Å²) in [4.78, 5) is 24.8. The van der Waals surface area contributed by atoms with Gasteiger partial charge in [0.1, 0.15) is 0 Å². The number of para-hydroxylation sites is 1. The molecule has 4 rings (SSSR count). The molecule has 1 atom stereocenters. The SMILES string of the molecule is CC(CCc1ccccc1)NC(=O)COC(=O)c1cccc(S(=O)(=O)N2CCc3ccccc32)c1. The highest BCUT2D eigenvalue weighted by atomic mass is 32.2. The van der Waals surface area contributed by atoms with E-state index in [-0.39, 0.29) is 16.5 Å². The molecule has 1 unspecified atom stereocenters. The number of sulfonamides is 1. The smallest absolute Gasteiger partial charge is 0.338 e. The molecule has 1 amide bonds. The fraction of sp³-hybridized carbons (Fsp3) is 0.259. The second-order valence-electron chi connectivity index (χ2n) is 8.55. The average molecular weight is 493 g/mol. The number of anilines is 1. The Balaban J connectivity index is 1.33. The van der Waals surface area contributed by atoms with Crippen molar-refractivity contribution in [3.63, 3.8) is 0 Å². The van der Waals surface area contributed by atoms with E-state index in [1.54, 1.807) is 12.1 Å². The van der Waals surface area contributed by atoms with Crippen molar-refractivity contribution in [1.82, 2.24) is 5.32 Å². The number of amides is 1. The molecule has 0 aliphatic carbocycles. The molecule has 7 nitrogen and oxygen atoms in total. The molecule has 1 N–H and O–H groups in total. The maximum atomic E-state index is 13.2. The van der Waals surface area contributed by atoms with Crippen LogP contribution in [0.2, 0.25) is 0 Å². The summed E-state index contributed by atoms with van der Waals surface area (Å²) in [6.45, 7) is 1.80. The molecular weight excluding hydrogens is 464 g/mol. The van der Waals surface area contributed by atoms with Gasteiger partial charge in [-0.1, -0.05) is 54.6 Å². The van der Waals surface area contributed by atoms with Gasteiger partial charge in [-0.05, 0) is 61.6 Å². The van der Waals surface area contributed by atoms with Crippen LogP contribution in [0.4, 0.5) is 5.69 Å². The summed E-state index contributed by atoms with van der Waals surface area (Å²) in [5.74, 6) is -1.16. The van der Waals surface area contributed by atoms with Gasteiger partial charge in [0, 0.05) is 12.6 Å². The molecule has 8 heteroatoms. The number of hydrogen-bond acceptors (Lipinski definition) is 5. The second-order valence-corrected chi connectivity index (χ2v) is 10.4. The first-order chi connectivity index (χ1) is 16.8. The number of benzene rings is 3. The number of fused-ring (bicyclic) bond motifs is 1. The molecule has 3 aromatic carbocycles. The Bertz CT molecular complexity index is 1310. The molecule has 1 aliphatic heterocycles. The maximum Gasteiger partial charge on any atom is 0.338 e. The molecule has 0 radical (unpaired) electrons. The van der Waals surface area contributed by atoms with Crippen molar-refractivity contribution in [3.8, 4) is 0 Å². The Hall–Kier alpha value is -3.65. The summed E-state index contributed by atoms with van der Waals surface area (Å²) < 4.78 is 33.0. The van der Waals surface area contributed by atoms with Gasteiger partial charge >= 0.3 is 5.97 Å². The fourth-order valence-corrected chi connectivity index (χ4v) is 5.65. The Labute approximate surface area is 205 Å². The quantitative estimate of drug-likeness (QED) is 0.460. The number of aryl methyl sites for hydroxylation is 1. The van der Waals surface area contributed by atoms with Gasteiger partial charge in [-0.2, -0.15) is 0 Å². The fourth-order valence-electron chi connectivity index (χ4n) is 4.10. The van der Waals surface area contributed by atoms with Crippen LogP contribution in [-0.2, 0) is 32.4 Å². The number of esters is 1. The highest BCUT2D eigenvalue weighted by Gasteiger charge is 2.31. The number of nitrogens with one attached hydrogen (secondary N) is 1.